The fourth-order valence-corrected chi connectivity index (χ4v) is 1.96. The Bertz CT molecular complexity index is 643. The lowest BCUT2D eigenvalue weighted by Crippen LogP contribution is -2.08. The summed E-state index contributed by atoms with van der Waals surface area (Å²) in [7, 11) is 0. The maximum Gasteiger partial charge on any atom is 0.232 e. The van der Waals surface area contributed by atoms with Crippen molar-refractivity contribution in [2.24, 2.45) is 0 Å². The molecular weight excluding hydrogens is 305 g/mol. The van der Waals surface area contributed by atoms with Crippen LogP contribution < -0.4 is 5.73 Å². The van der Waals surface area contributed by atoms with Crippen LogP contribution in [0.5, 0.6) is 0 Å². The Kier molecular flexibility index (Phi) is 3.86. The molecule has 0 radical (unpaired) electrons. The molecule has 3 nitrogen and oxygen atoms in total. The van der Waals surface area contributed by atoms with Gasteiger partial charge in [0.2, 0.25) is 3.79 Å². The van der Waals surface area contributed by atoms with E-state index in [0.29, 0.717) is 5.56 Å². The number of rotatable bonds is 1. The van der Waals surface area contributed by atoms with Crippen LogP contribution in [0.3, 0.4) is 0 Å². The van der Waals surface area contributed by atoms with Gasteiger partial charge < -0.3 is 5.73 Å². The first-order valence-electron chi connectivity index (χ1n) is 5.26. The van der Waals surface area contributed by atoms with Gasteiger partial charge in [-0.1, -0.05) is 65.1 Å². The fraction of sp³-hybridized carbons (Fsp3) is 0.0769. The number of pyridine rings is 1. The Morgan fingerprint density at radius 3 is 2.32 bits per heavy atom. The van der Waals surface area contributed by atoms with Crippen LogP contribution in [-0.4, -0.2) is 4.98 Å². The van der Waals surface area contributed by atoms with E-state index < -0.39 is 3.79 Å². The number of benzene rings is 1. The van der Waals surface area contributed by atoms with Crippen LogP contribution in [0.4, 0.5) is 5.82 Å². The Hall–Kier alpha value is -1.47. The number of nitrogen functional groups attached to an aromatic ring is 1. The van der Waals surface area contributed by atoms with Crippen LogP contribution in [0.25, 0.3) is 11.1 Å². The molecule has 96 valence electrons. The normalized spacial score (nSPS) is 11.1. The van der Waals surface area contributed by atoms with Crippen molar-refractivity contribution in [2.75, 3.05) is 5.73 Å². The molecule has 1 aromatic carbocycles. The molecule has 0 bridgehead atoms. The van der Waals surface area contributed by atoms with Crippen LogP contribution in [0.2, 0.25) is 0 Å². The summed E-state index contributed by atoms with van der Waals surface area (Å²) < 4.78 is -1.69. The molecule has 0 atom stereocenters. The summed E-state index contributed by atoms with van der Waals surface area (Å²) >= 11 is 17.4. The molecule has 0 fully saturated rings. The molecule has 0 saturated heterocycles. The summed E-state index contributed by atoms with van der Waals surface area (Å²) in [6.07, 6.45) is 0. The lowest BCUT2D eigenvalue weighted by molar-refractivity contribution is 1.09. The third-order valence-corrected chi connectivity index (χ3v) is 3.12. The second-order valence-electron chi connectivity index (χ2n) is 3.79. The van der Waals surface area contributed by atoms with Crippen molar-refractivity contribution in [1.29, 1.82) is 5.26 Å². The van der Waals surface area contributed by atoms with E-state index in [2.05, 4.69) is 4.98 Å². The van der Waals surface area contributed by atoms with Crippen molar-refractivity contribution in [2.45, 2.75) is 3.79 Å². The lowest BCUT2D eigenvalue weighted by atomic mass is 10.0. The molecular formula is C13H8Cl3N3. The van der Waals surface area contributed by atoms with E-state index >= 15 is 0 Å². The predicted octanol–water partition coefficient (Wildman–Crippen LogP) is 4.03. The molecule has 0 aliphatic heterocycles. The zero-order valence-corrected chi connectivity index (χ0v) is 11.8. The minimum Gasteiger partial charge on any atom is -0.383 e. The number of hydrogen-bond acceptors (Lipinski definition) is 3. The summed E-state index contributed by atoms with van der Waals surface area (Å²) in [4.78, 5) is 3.96. The van der Waals surface area contributed by atoms with Gasteiger partial charge >= 0.3 is 0 Å². The standard InChI is InChI=1S/C13H8Cl3N3/c14-13(15,16)11-6-9(8-4-2-1-3-5-8)10(7-17)12(18)19-11/h1-6H,(H2,18,19). The minimum atomic E-state index is -1.69. The van der Waals surface area contributed by atoms with E-state index in [-0.39, 0.29) is 17.1 Å². The maximum atomic E-state index is 9.19. The molecule has 0 spiro atoms. The number of nitriles is 1. The minimum absolute atomic E-state index is 0.0465. The smallest absolute Gasteiger partial charge is 0.232 e. The monoisotopic (exact) mass is 311 g/mol. The molecule has 0 amide bonds. The number of alkyl halides is 3. The van der Waals surface area contributed by atoms with E-state index in [1.165, 1.54) is 0 Å². The van der Waals surface area contributed by atoms with Crippen molar-refractivity contribution in [3.63, 3.8) is 0 Å². The Balaban J connectivity index is 2.72. The molecule has 2 N–H and O–H groups in total. The van der Waals surface area contributed by atoms with Gasteiger partial charge in [-0.2, -0.15) is 5.26 Å². The van der Waals surface area contributed by atoms with Gasteiger partial charge in [-0.15, -0.1) is 0 Å². The SMILES string of the molecule is N#Cc1c(-c2ccccc2)cc(C(Cl)(Cl)Cl)nc1N. The van der Waals surface area contributed by atoms with Crippen molar-refractivity contribution >= 4 is 40.6 Å². The van der Waals surface area contributed by atoms with Crippen LogP contribution in [0, 0.1) is 11.3 Å². The molecule has 0 saturated carbocycles. The molecule has 0 aliphatic carbocycles. The van der Waals surface area contributed by atoms with Crippen molar-refractivity contribution in [1.82, 2.24) is 4.98 Å². The highest BCUT2D eigenvalue weighted by Crippen LogP contribution is 2.40. The van der Waals surface area contributed by atoms with Crippen molar-refractivity contribution < 1.29 is 0 Å². The van der Waals surface area contributed by atoms with Gasteiger partial charge in [0.25, 0.3) is 0 Å². The first-order valence-corrected chi connectivity index (χ1v) is 6.40. The second-order valence-corrected chi connectivity index (χ2v) is 6.07. The quantitative estimate of drug-likeness (QED) is 0.809. The Labute approximate surface area is 125 Å². The number of anilines is 1. The highest BCUT2D eigenvalue weighted by molar-refractivity contribution is 6.66. The van der Waals surface area contributed by atoms with E-state index in [0.717, 1.165) is 5.56 Å². The molecule has 2 rings (SSSR count). The number of nitrogens with zero attached hydrogens (tertiary/aromatic N) is 2. The first kappa shape index (κ1) is 14.0. The van der Waals surface area contributed by atoms with Gasteiger partial charge in [0.05, 0.1) is 5.69 Å². The number of halogens is 3. The lowest BCUT2D eigenvalue weighted by Gasteiger charge is -2.14. The van der Waals surface area contributed by atoms with Crippen molar-refractivity contribution in [3.8, 4) is 17.2 Å². The summed E-state index contributed by atoms with van der Waals surface area (Å²) in [5.74, 6) is 0.0465. The Morgan fingerprint density at radius 2 is 1.79 bits per heavy atom. The van der Waals surface area contributed by atoms with E-state index in [9.17, 15) is 5.26 Å². The third kappa shape index (κ3) is 2.93. The number of nitrogens with two attached hydrogens (primary N) is 1. The molecule has 19 heavy (non-hydrogen) atoms. The molecule has 1 aromatic heterocycles. The zero-order chi connectivity index (χ0) is 14.0. The Morgan fingerprint density at radius 1 is 1.16 bits per heavy atom. The maximum absolute atomic E-state index is 9.19. The highest BCUT2D eigenvalue weighted by Gasteiger charge is 2.27. The van der Waals surface area contributed by atoms with Gasteiger partial charge in [-0.25, -0.2) is 4.98 Å². The van der Waals surface area contributed by atoms with E-state index in [1.807, 2.05) is 36.4 Å². The number of aromatic nitrogens is 1. The molecule has 1 heterocycles. The highest BCUT2D eigenvalue weighted by atomic mass is 35.6. The average molecular weight is 313 g/mol. The summed E-state index contributed by atoms with van der Waals surface area (Å²) in [6.45, 7) is 0. The van der Waals surface area contributed by atoms with E-state index in [4.69, 9.17) is 40.5 Å². The van der Waals surface area contributed by atoms with Crippen LogP contribution in [0.1, 0.15) is 11.3 Å². The second kappa shape index (κ2) is 5.26. The van der Waals surface area contributed by atoms with Crippen molar-refractivity contribution in [3.05, 3.63) is 47.7 Å². The van der Waals surface area contributed by atoms with Gasteiger partial charge in [0.1, 0.15) is 17.5 Å². The van der Waals surface area contributed by atoms with Gasteiger partial charge in [0.15, 0.2) is 0 Å². The topological polar surface area (TPSA) is 62.7 Å². The summed E-state index contributed by atoms with van der Waals surface area (Å²) in [6, 6.07) is 12.9. The van der Waals surface area contributed by atoms with E-state index in [1.54, 1.807) is 6.07 Å². The largest absolute Gasteiger partial charge is 0.383 e. The van der Waals surface area contributed by atoms with Crippen LogP contribution >= 0.6 is 34.8 Å². The molecule has 2 aromatic rings. The first-order chi connectivity index (χ1) is 8.93. The fourth-order valence-electron chi connectivity index (χ4n) is 1.67. The third-order valence-electron chi connectivity index (χ3n) is 2.53. The van der Waals surface area contributed by atoms with Crippen LogP contribution in [-0.2, 0) is 3.79 Å². The number of hydrogen-bond donors (Lipinski definition) is 1. The van der Waals surface area contributed by atoms with Crippen LogP contribution in [0.15, 0.2) is 36.4 Å². The van der Waals surface area contributed by atoms with Gasteiger partial charge in [-0.05, 0) is 11.6 Å². The van der Waals surface area contributed by atoms with Gasteiger partial charge in [-0.3, -0.25) is 0 Å². The predicted molar refractivity (Wildman–Crippen MR) is 78.0 cm³/mol. The molecule has 6 heteroatoms. The summed E-state index contributed by atoms with van der Waals surface area (Å²) in [5.41, 5.74) is 7.62. The molecule has 0 aliphatic rings. The summed E-state index contributed by atoms with van der Waals surface area (Å²) in [5, 5.41) is 9.19. The molecule has 0 unspecified atom stereocenters. The van der Waals surface area contributed by atoms with Gasteiger partial charge in [0, 0.05) is 5.56 Å². The zero-order valence-electron chi connectivity index (χ0n) is 9.57. The average Bonchev–Trinajstić information content (AvgIpc) is 2.37.